The Morgan fingerprint density at radius 1 is 1.29 bits per heavy atom. The molecular weight excluding hydrogens is 288 g/mol. The summed E-state index contributed by atoms with van der Waals surface area (Å²) in [5.41, 5.74) is 1.61. The average Bonchev–Trinajstić information content (AvgIpc) is 2.36. The van der Waals surface area contributed by atoms with Gasteiger partial charge in [0.05, 0.1) is 4.90 Å². The van der Waals surface area contributed by atoms with Crippen molar-refractivity contribution in [1.29, 1.82) is 0 Å². The fourth-order valence-corrected chi connectivity index (χ4v) is 3.50. The highest BCUT2D eigenvalue weighted by molar-refractivity contribution is 7.89. The van der Waals surface area contributed by atoms with E-state index in [1.165, 1.54) is 6.92 Å². The fourth-order valence-electron chi connectivity index (χ4n) is 2.15. The van der Waals surface area contributed by atoms with E-state index < -0.39 is 10.0 Å². The first-order valence-electron chi connectivity index (χ1n) is 6.99. The van der Waals surface area contributed by atoms with E-state index in [4.69, 9.17) is 0 Å². The molecule has 1 amide bonds. The summed E-state index contributed by atoms with van der Waals surface area (Å²) in [6.07, 6.45) is 0. The number of hydrogen-bond acceptors (Lipinski definition) is 3. The van der Waals surface area contributed by atoms with Gasteiger partial charge >= 0.3 is 0 Å². The molecule has 1 aromatic rings. The van der Waals surface area contributed by atoms with Crippen molar-refractivity contribution in [1.82, 2.24) is 9.62 Å². The van der Waals surface area contributed by atoms with Gasteiger partial charge in [0.1, 0.15) is 0 Å². The number of nitrogens with zero attached hydrogens (tertiary/aromatic N) is 1. The van der Waals surface area contributed by atoms with Gasteiger partial charge in [-0.3, -0.25) is 4.79 Å². The summed E-state index contributed by atoms with van der Waals surface area (Å²) in [6.45, 7) is 9.48. The molecule has 0 bridgehead atoms. The molecule has 0 atom stereocenters. The first-order valence-corrected chi connectivity index (χ1v) is 8.47. The number of nitrogens with one attached hydrogen (secondary N) is 1. The molecule has 0 heterocycles. The van der Waals surface area contributed by atoms with Crippen LogP contribution < -0.4 is 4.72 Å². The van der Waals surface area contributed by atoms with Crippen molar-refractivity contribution in [3.63, 3.8) is 0 Å². The van der Waals surface area contributed by atoms with Gasteiger partial charge in [-0.25, -0.2) is 13.1 Å². The topological polar surface area (TPSA) is 66.5 Å². The van der Waals surface area contributed by atoms with Gasteiger partial charge in [0.25, 0.3) is 0 Å². The van der Waals surface area contributed by atoms with E-state index >= 15 is 0 Å². The van der Waals surface area contributed by atoms with Crippen LogP contribution in [0.15, 0.2) is 23.1 Å². The highest BCUT2D eigenvalue weighted by Gasteiger charge is 2.18. The largest absolute Gasteiger partial charge is 0.339 e. The maximum Gasteiger partial charge on any atom is 0.240 e. The van der Waals surface area contributed by atoms with Crippen molar-refractivity contribution >= 4 is 15.9 Å². The lowest BCUT2D eigenvalue weighted by Crippen LogP contribution is -2.41. The van der Waals surface area contributed by atoms with E-state index in [2.05, 4.69) is 4.72 Å². The van der Waals surface area contributed by atoms with Crippen molar-refractivity contribution in [2.75, 3.05) is 13.1 Å². The number of carbonyl (C=O) groups excluding carboxylic acids is 1. The predicted molar refractivity (Wildman–Crippen MR) is 83.6 cm³/mol. The summed E-state index contributed by atoms with van der Waals surface area (Å²) in [5.74, 6) is -0.0593. The predicted octanol–water partition coefficient (Wildman–Crippen LogP) is 1.84. The molecule has 0 radical (unpaired) electrons. The van der Waals surface area contributed by atoms with Crippen LogP contribution in [0.25, 0.3) is 0 Å². The van der Waals surface area contributed by atoms with Crippen LogP contribution in [0.2, 0.25) is 0 Å². The zero-order valence-electron chi connectivity index (χ0n) is 13.3. The molecule has 1 rings (SSSR count). The van der Waals surface area contributed by atoms with Crippen molar-refractivity contribution in [3.8, 4) is 0 Å². The molecule has 0 aliphatic rings. The van der Waals surface area contributed by atoms with Crippen molar-refractivity contribution in [2.24, 2.45) is 0 Å². The standard InChI is InChI=1S/C15H24N2O3S/c1-11(2)17(14(5)18)9-8-16-21(19,20)15-10-12(3)6-7-13(15)4/h6-7,10-11,16H,8-9H2,1-5H3. The number of aryl methyl sites for hydroxylation is 2. The van der Waals surface area contributed by atoms with Crippen LogP contribution in [0.5, 0.6) is 0 Å². The lowest BCUT2D eigenvalue weighted by molar-refractivity contribution is -0.130. The van der Waals surface area contributed by atoms with E-state index in [9.17, 15) is 13.2 Å². The van der Waals surface area contributed by atoms with E-state index in [1.807, 2.05) is 26.8 Å². The first-order chi connectivity index (χ1) is 9.65. The molecule has 1 N–H and O–H groups in total. The third-order valence-corrected chi connectivity index (χ3v) is 4.91. The van der Waals surface area contributed by atoms with Gasteiger partial charge in [-0.15, -0.1) is 0 Å². The fraction of sp³-hybridized carbons (Fsp3) is 0.533. The van der Waals surface area contributed by atoms with Crippen LogP contribution in [0.3, 0.4) is 0 Å². The van der Waals surface area contributed by atoms with Gasteiger partial charge in [0.15, 0.2) is 0 Å². The monoisotopic (exact) mass is 312 g/mol. The Kier molecular flexibility index (Phi) is 5.92. The maximum atomic E-state index is 12.3. The summed E-state index contributed by atoms with van der Waals surface area (Å²) in [6, 6.07) is 5.38. The zero-order valence-corrected chi connectivity index (χ0v) is 14.1. The third-order valence-electron chi connectivity index (χ3n) is 3.31. The molecule has 0 fully saturated rings. The second kappa shape index (κ2) is 7.04. The molecule has 0 aliphatic heterocycles. The third kappa shape index (κ3) is 4.82. The minimum absolute atomic E-state index is 0.0488. The molecule has 0 saturated carbocycles. The number of rotatable bonds is 6. The van der Waals surface area contributed by atoms with Crippen molar-refractivity contribution < 1.29 is 13.2 Å². The molecule has 0 aromatic heterocycles. The van der Waals surface area contributed by atoms with Crippen LogP contribution in [0.1, 0.15) is 31.9 Å². The average molecular weight is 312 g/mol. The molecule has 0 spiro atoms. The Bertz CT molecular complexity index is 609. The van der Waals surface area contributed by atoms with E-state index in [-0.39, 0.29) is 18.5 Å². The van der Waals surface area contributed by atoms with E-state index in [0.717, 1.165) is 5.56 Å². The maximum absolute atomic E-state index is 12.3. The van der Waals surface area contributed by atoms with Gasteiger partial charge in [0.2, 0.25) is 15.9 Å². The minimum atomic E-state index is -3.55. The highest BCUT2D eigenvalue weighted by atomic mass is 32.2. The quantitative estimate of drug-likeness (QED) is 0.871. The lowest BCUT2D eigenvalue weighted by Gasteiger charge is -2.25. The second-order valence-corrected chi connectivity index (χ2v) is 7.21. The summed E-state index contributed by atoms with van der Waals surface area (Å²) >= 11 is 0. The van der Waals surface area contributed by atoms with E-state index in [0.29, 0.717) is 17.0 Å². The Morgan fingerprint density at radius 2 is 1.90 bits per heavy atom. The molecular formula is C15H24N2O3S. The van der Waals surface area contributed by atoms with Gasteiger partial charge in [-0.2, -0.15) is 0 Å². The Labute approximate surface area is 127 Å². The Balaban J connectivity index is 2.78. The van der Waals surface area contributed by atoms with Crippen LogP contribution in [0, 0.1) is 13.8 Å². The molecule has 118 valence electrons. The van der Waals surface area contributed by atoms with Gasteiger partial charge in [-0.1, -0.05) is 12.1 Å². The van der Waals surface area contributed by atoms with Crippen LogP contribution in [-0.4, -0.2) is 38.4 Å². The SMILES string of the molecule is CC(=O)N(CCNS(=O)(=O)c1cc(C)ccc1C)C(C)C. The number of amides is 1. The minimum Gasteiger partial charge on any atom is -0.339 e. The van der Waals surface area contributed by atoms with Crippen LogP contribution in [0.4, 0.5) is 0 Å². The summed E-state index contributed by atoms with van der Waals surface area (Å²) in [7, 11) is -3.55. The molecule has 0 unspecified atom stereocenters. The molecule has 0 saturated heterocycles. The lowest BCUT2D eigenvalue weighted by atomic mass is 10.2. The van der Waals surface area contributed by atoms with Crippen molar-refractivity contribution in [2.45, 2.75) is 45.6 Å². The molecule has 0 aliphatic carbocycles. The highest BCUT2D eigenvalue weighted by Crippen LogP contribution is 2.16. The molecule has 5 nitrogen and oxygen atoms in total. The number of benzene rings is 1. The second-order valence-electron chi connectivity index (χ2n) is 5.47. The zero-order chi connectivity index (χ0) is 16.2. The molecule has 21 heavy (non-hydrogen) atoms. The smallest absolute Gasteiger partial charge is 0.240 e. The summed E-state index contributed by atoms with van der Waals surface area (Å²) in [5, 5.41) is 0. The van der Waals surface area contributed by atoms with Crippen LogP contribution in [-0.2, 0) is 14.8 Å². The normalized spacial score (nSPS) is 11.7. The Hall–Kier alpha value is -1.40. The van der Waals surface area contributed by atoms with Crippen molar-refractivity contribution in [3.05, 3.63) is 29.3 Å². The summed E-state index contributed by atoms with van der Waals surface area (Å²) < 4.78 is 27.2. The van der Waals surface area contributed by atoms with Crippen LogP contribution >= 0.6 is 0 Å². The molecule has 6 heteroatoms. The van der Waals surface area contributed by atoms with Gasteiger partial charge < -0.3 is 4.90 Å². The van der Waals surface area contributed by atoms with E-state index in [1.54, 1.807) is 24.0 Å². The van der Waals surface area contributed by atoms with Gasteiger partial charge in [0, 0.05) is 26.1 Å². The number of hydrogen-bond donors (Lipinski definition) is 1. The molecule has 1 aromatic carbocycles. The first kappa shape index (κ1) is 17.7. The Morgan fingerprint density at radius 3 is 2.43 bits per heavy atom. The van der Waals surface area contributed by atoms with Gasteiger partial charge in [-0.05, 0) is 44.9 Å². The summed E-state index contributed by atoms with van der Waals surface area (Å²) in [4.78, 5) is 13.4. The number of carbonyl (C=O) groups is 1. The number of sulfonamides is 1.